The molecule has 1 rings (SSSR count). The van der Waals surface area contributed by atoms with Crippen LogP contribution in [0.4, 0.5) is 0 Å². The maximum absolute atomic E-state index is 11.9. The second-order valence-electron chi connectivity index (χ2n) is 4.13. The third-order valence-electron chi connectivity index (χ3n) is 2.72. The number of ether oxygens (including phenoxy) is 1. The van der Waals surface area contributed by atoms with Gasteiger partial charge >= 0.3 is 5.97 Å². The molecule has 0 aromatic carbocycles. The molecule has 0 bridgehead atoms. The summed E-state index contributed by atoms with van der Waals surface area (Å²) in [4.78, 5) is 15.9. The number of nitrogens with zero attached hydrogens (tertiary/aromatic N) is 2. The Morgan fingerprint density at radius 1 is 1.53 bits per heavy atom. The molecule has 1 aromatic rings. The molecular weight excluding hydrogens is 218 g/mol. The third-order valence-corrected chi connectivity index (χ3v) is 2.72. The summed E-state index contributed by atoms with van der Waals surface area (Å²) in [7, 11) is 0. The van der Waals surface area contributed by atoms with Gasteiger partial charge in [-0.1, -0.05) is 6.92 Å². The van der Waals surface area contributed by atoms with Gasteiger partial charge in [-0.2, -0.15) is 0 Å². The van der Waals surface area contributed by atoms with Crippen LogP contribution >= 0.6 is 0 Å². The lowest BCUT2D eigenvalue weighted by Crippen LogP contribution is -2.51. The van der Waals surface area contributed by atoms with Gasteiger partial charge in [0.05, 0.1) is 12.9 Å². The van der Waals surface area contributed by atoms with Crippen LogP contribution in [0.2, 0.25) is 0 Å². The lowest BCUT2D eigenvalue weighted by atomic mass is 9.98. The van der Waals surface area contributed by atoms with E-state index in [0.29, 0.717) is 13.0 Å². The maximum atomic E-state index is 11.9. The normalized spacial score (nSPS) is 14.3. The first-order valence-electron chi connectivity index (χ1n) is 6.00. The second-order valence-corrected chi connectivity index (χ2v) is 4.13. The van der Waals surface area contributed by atoms with Gasteiger partial charge in [0.2, 0.25) is 0 Å². The van der Waals surface area contributed by atoms with Crippen LogP contribution in [0, 0.1) is 0 Å². The van der Waals surface area contributed by atoms with Gasteiger partial charge in [-0.15, -0.1) is 0 Å². The van der Waals surface area contributed by atoms with Gasteiger partial charge in [-0.05, 0) is 26.8 Å². The van der Waals surface area contributed by atoms with Gasteiger partial charge in [0.15, 0.2) is 0 Å². The molecule has 0 aliphatic carbocycles. The van der Waals surface area contributed by atoms with Gasteiger partial charge in [-0.25, -0.2) is 4.98 Å². The standard InChI is InChI=1S/C12H21N3O2/c1-4-14-12(3,11(16)17-5-2)6-8-15-9-7-13-10-15/h7,9-10,14H,4-6,8H2,1-3H3. The molecule has 1 N–H and O–H groups in total. The van der Waals surface area contributed by atoms with Crippen LogP contribution < -0.4 is 5.32 Å². The van der Waals surface area contributed by atoms with Gasteiger partial charge in [0, 0.05) is 18.9 Å². The molecule has 1 aromatic heterocycles. The minimum atomic E-state index is -0.630. The summed E-state index contributed by atoms with van der Waals surface area (Å²) in [5, 5.41) is 3.20. The average molecular weight is 239 g/mol. The zero-order valence-corrected chi connectivity index (χ0v) is 10.8. The van der Waals surface area contributed by atoms with E-state index in [9.17, 15) is 4.79 Å². The smallest absolute Gasteiger partial charge is 0.326 e. The molecule has 0 spiro atoms. The van der Waals surface area contributed by atoms with Crippen molar-refractivity contribution >= 4 is 5.97 Å². The largest absolute Gasteiger partial charge is 0.465 e. The summed E-state index contributed by atoms with van der Waals surface area (Å²) in [6.45, 7) is 7.56. The molecule has 0 saturated heterocycles. The Bertz CT molecular complexity index is 338. The van der Waals surface area contributed by atoms with Crippen molar-refractivity contribution in [2.24, 2.45) is 0 Å². The van der Waals surface area contributed by atoms with Crippen molar-refractivity contribution < 1.29 is 9.53 Å². The van der Waals surface area contributed by atoms with E-state index >= 15 is 0 Å². The predicted octanol–water partition coefficient (Wildman–Crippen LogP) is 1.20. The first kappa shape index (κ1) is 13.7. The number of nitrogens with one attached hydrogen (secondary N) is 1. The van der Waals surface area contributed by atoms with E-state index in [1.807, 2.05) is 31.5 Å². The average Bonchev–Trinajstić information content (AvgIpc) is 2.80. The number of hydrogen-bond donors (Lipinski definition) is 1. The highest BCUT2D eigenvalue weighted by molar-refractivity contribution is 5.80. The third kappa shape index (κ3) is 3.85. The molecule has 17 heavy (non-hydrogen) atoms. The van der Waals surface area contributed by atoms with Crippen LogP contribution in [0.5, 0.6) is 0 Å². The lowest BCUT2D eigenvalue weighted by Gasteiger charge is -2.28. The Hall–Kier alpha value is -1.36. The van der Waals surface area contributed by atoms with Crippen molar-refractivity contribution in [3.8, 4) is 0 Å². The fourth-order valence-electron chi connectivity index (χ4n) is 1.71. The van der Waals surface area contributed by atoms with E-state index in [0.717, 1.165) is 13.1 Å². The molecule has 5 heteroatoms. The Labute approximate surface area is 102 Å². The number of rotatable bonds is 7. The van der Waals surface area contributed by atoms with E-state index in [-0.39, 0.29) is 5.97 Å². The van der Waals surface area contributed by atoms with Gasteiger partial charge in [-0.3, -0.25) is 4.79 Å². The summed E-state index contributed by atoms with van der Waals surface area (Å²) in [6.07, 6.45) is 6.04. The highest BCUT2D eigenvalue weighted by Gasteiger charge is 2.33. The summed E-state index contributed by atoms with van der Waals surface area (Å²) in [5.41, 5.74) is -0.630. The molecule has 0 saturated carbocycles. The number of imidazole rings is 1. The molecular formula is C12H21N3O2. The van der Waals surface area contributed by atoms with Crippen LogP contribution in [-0.4, -0.2) is 34.2 Å². The molecule has 1 atom stereocenters. The molecule has 5 nitrogen and oxygen atoms in total. The number of carbonyl (C=O) groups excluding carboxylic acids is 1. The molecule has 0 radical (unpaired) electrons. The number of likely N-dealkylation sites (N-methyl/N-ethyl adjacent to an activating group) is 1. The Morgan fingerprint density at radius 3 is 2.82 bits per heavy atom. The Kier molecular flexibility index (Phi) is 5.15. The number of esters is 1. The van der Waals surface area contributed by atoms with Crippen molar-refractivity contribution in [3.05, 3.63) is 18.7 Å². The number of aryl methyl sites for hydroxylation is 1. The van der Waals surface area contributed by atoms with Gasteiger partial charge in [0.1, 0.15) is 5.54 Å². The number of carbonyl (C=O) groups is 1. The van der Waals surface area contributed by atoms with E-state index in [1.54, 1.807) is 12.5 Å². The number of hydrogen-bond acceptors (Lipinski definition) is 4. The van der Waals surface area contributed by atoms with E-state index in [2.05, 4.69) is 10.3 Å². The van der Waals surface area contributed by atoms with Crippen LogP contribution in [0.25, 0.3) is 0 Å². The first-order valence-corrected chi connectivity index (χ1v) is 6.00. The fraction of sp³-hybridized carbons (Fsp3) is 0.667. The van der Waals surface area contributed by atoms with E-state index < -0.39 is 5.54 Å². The molecule has 0 aliphatic heterocycles. The van der Waals surface area contributed by atoms with Crippen LogP contribution in [0.15, 0.2) is 18.7 Å². The molecule has 0 fully saturated rings. The summed E-state index contributed by atoms with van der Waals surface area (Å²) in [5.74, 6) is -0.193. The predicted molar refractivity (Wildman–Crippen MR) is 65.6 cm³/mol. The Balaban J connectivity index is 2.60. The highest BCUT2D eigenvalue weighted by Crippen LogP contribution is 2.13. The Morgan fingerprint density at radius 2 is 2.29 bits per heavy atom. The van der Waals surface area contributed by atoms with Gasteiger partial charge in [0.25, 0.3) is 0 Å². The lowest BCUT2D eigenvalue weighted by molar-refractivity contribution is -0.150. The second kappa shape index (κ2) is 6.39. The zero-order valence-electron chi connectivity index (χ0n) is 10.8. The fourth-order valence-corrected chi connectivity index (χ4v) is 1.71. The van der Waals surface area contributed by atoms with E-state index in [4.69, 9.17) is 4.74 Å². The molecule has 1 unspecified atom stereocenters. The van der Waals surface area contributed by atoms with Crippen LogP contribution in [0.3, 0.4) is 0 Å². The highest BCUT2D eigenvalue weighted by atomic mass is 16.5. The molecule has 0 amide bonds. The summed E-state index contributed by atoms with van der Waals surface area (Å²) in [6, 6.07) is 0. The minimum absolute atomic E-state index is 0.193. The first-order chi connectivity index (χ1) is 8.12. The number of aromatic nitrogens is 2. The topological polar surface area (TPSA) is 56.2 Å². The van der Waals surface area contributed by atoms with Gasteiger partial charge < -0.3 is 14.6 Å². The summed E-state index contributed by atoms with van der Waals surface area (Å²) >= 11 is 0. The quantitative estimate of drug-likeness (QED) is 0.726. The summed E-state index contributed by atoms with van der Waals surface area (Å²) < 4.78 is 7.06. The van der Waals surface area contributed by atoms with E-state index in [1.165, 1.54) is 0 Å². The molecule has 1 heterocycles. The van der Waals surface area contributed by atoms with Crippen molar-refractivity contribution in [1.29, 1.82) is 0 Å². The minimum Gasteiger partial charge on any atom is -0.465 e. The maximum Gasteiger partial charge on any atom is 0.326 e. The molecule has 0 aliphatic rings. The van der Waals surface area contributed by atoms with Crippen molar-refractivity contribution in [3.63, 3.8) is 0 Å². The van der Waals surface area contributed by atoms with Crippen molar-refractivity contribution in [2.75, 3.05) is 13.2 Å². The van der Waals surface area contributed by atoms with Crippen molar-refractivity contribution in [1.82, 2.24) is 14.9 Å². The van der Waals surface area contributed by atoms with Crippen LogP contribution in [-0.2, 0) is 16.1 Å². The zero-order chi connectivity index (χ0) is 12.7. The van der Waals surface area contributed by atoms with Crippen molar-refractivity contribution in [2.45, 2.75) is 39.3 Å². The SMILES string of the molecule is CCNC(C)(CCn1ccnc1)C(=O)OCC. The monoisotopic (exact) mass is 239 g/mol. The molecule has 96 valence electrons. The van der Waals surface area contributed by atoms with Crippen LogP contribution in [0.1, 0.15) is 27.2 Å².